The van der Waals surface area contributed by atoms with Gasteiger partial charge in [0.2, 0.25) is 5.90 Å². The Labute approximate surface area is 286 Å². The molecule has 0 aliphatic carbocycles. The smallest absolute Gasteiger partial charge is 0.252 e. The molecule has 1 amide bonds. The van der Waals surface area contributed by atoms with Gasteiger partial charge in [-0.15, -0.1) is 0 Å². The van der Waals surface area contributed by atoms with Gasteiger partial charge < -0.3 is 19.9 Å². The van der Waals surface area contributed by atoms with Gasteiger partial charge in [-0.05, 0) is 70.4 Å². The van der Waals surface area contributed by atoms with Crippen molar-refractivity contribution in [3.63, 3.8) is 0 Å². The molecule has 0 saturated carbocycles. The maximum atomic E-state index is 14.7. The van der Waals surface area contributed by atoms with Gasteiger partial charge >= 0.3 is 0 Å². The molecule has 0 fully saturated rings. The minimum atomic E-state index is -1.42. The van der Waals surface area contributed by atoms with Crippen LogP contribution >= 0.6 is 39.1 Å². The number of carbonyl (C=O) groups is 1. The van der Waals surface area contributed by atoms with E-state index in [2.05, 4.69) is 39.4 Å². The zero-order valence-corrected chi connectivity index (χ0v) is 27.9. The number of halogens is 3. The average Bonchev–Trinajstić information content (AvgIpc) is 3.45. The molecule has 6 rings (SSSR count). The SMILES string of the molecule is O=C(NCc1cccc2ccccc12)[C@]1(Cc2ccc(Br)cc2)N=C(c2ccc(OCCCO)cc2)O[C@@H]1c1ccc(Cl)cc1Cl. The highest BCUT2D eigenvalue weighted by molar-refractivity contribution is 9.10. The first kappa shape index (κ1) is 32.1. The van der Waals surface area contributed by atoms with Crippen LogP contribution in [0.1, 0.15) is 34.8 Å². The molecular formula is C37H31BrCl2N2O4. The molecule has 2 atom stereocenters. The summed E-state index contributed by atoms with van der Waals surface area (Å²) in [6.45, 7) is 0.756. The maximum Gasteiger partial charge on any atom is 0.252 e. The van der Waals surface area contributed by atoms with Crippen molar-refractivity contribution in [1.29, 1.82) is 0 Å². The van der Waals surface area contributed by atoms with Gasteiger partial charge in [-0.25, -0.2) is 4.99 Å². The number of aliphatic imine (C=N–C) groups is 1. The molecule has 0 saturated heterocycles. The van der Waals surface area contributed by atoms with E-state index in [1.165, 1.54) is 0 Å². The summed E-state index contributed by atoms with van der Waals surface area (Å²) >= 11 is 16.6. The second kappa shape index (κ2) is 14.3. The predicted molar refractivity (Wildman–Crippen MR) is 187 cm³/mol. The van der Waals surface area contributed by atoms with Gasteiger partial charge in [0.05, 0.1) is 6.61 Å². The lowest BCUT2D eigenvalue weighted by Gasteiger charge is -2.31. The van der Waals surface area contributed by atoms with Crippen molar-refractivity contribution in [2.75, 3.05) is 13.2 Å². The number of nitrogens with one attached hydrogen (secondary N) is 1. The molecule has 9 heteroatoms. The van der Waals surface area contributed by atoms with Crippen LogP contribution in [0.25, 0.3) is 10.8 Å². The van der Waals surface area contributed by atoms with Gasteiger partial charge in [-0.2, -0.15) is 0 Å². The number of rotatable bonds is 11. The number of hydrogen-bond acceptors (Lipinski definition) is 5. The van der Waals surface area contributed by atoms with Crippen LogP contribution in [0.4, 0.5) is 0 Å². The Morgan fingerprint density at radius 3 is 2.48 bits per heavy atom. The number of aliphatic hydroxyl groups is 1. The summed E-state index contributed by atoms with van der Waals surface area (Å²) < 4.78 is 13.3. The lowest BCUT2D eigenvalue weighted by atomic mass is 9.82. The molecule has 5 aromatic carbocycles. The van der Waals surface area contributed by atoms with E-state index in [1.54, 1.807) is 18.2 Å². The summed E-state index contributed by atoms with van der Waals surface area (Å²) in [6, 6.07) is 34.5. The molecule has 0 unspecified atom stereocenters. The standard InChI is InChI=1S/C37H31BrCl2N2O4/c38-28-13-9-24(10-14-28)22-37(36(44)41-23-27-7-3-6-25-5-1-2-8-31(25)27)34(32-18-15-29(39)21-33(32)40)46-35(42-37)26-11-16-30(17-12-26)45-20-4-19-43/h1-3,5-18,21,34,43H,4,19-20,22-23H2,(H,41,44)/t34-,37-/m1/s1. The molecular weight excluding hydrogens is 687 g/mol. The maximum absolute atomic E-state index is 14.7. The normalized spacial score (nSPS) is 17.4. The molecule has 0 radical (unpaired) electrons. The monoisotopic (exact) mass is 716 g/mol. The van der Waals surface area contributed by atoms with Crippen molar-refractivity contribution in [1.82, 2.24) is 5.32 Å². The lowest BCUT2D eigenvalue weighted by molar-refractivity contribution is -0.129. The van der Waals surface area contributed by atoms with Crippen molar-refractivity contribution < 1.29 is 19.4 Å². The van der Waals surface area contributed by atoms with E-state index < -0.39 is 11.6 Å². The van der Waals surface area contributed by atoms with Crippen molar-refractivity contribution >= 4 is 61.7 Å². The van der Waals surface area contributed by atoms with E-state index in [9.17, 15) is 4.79 Å². The first-order valence-corrected chi connectivity index (χ1v) is 16.5. The average molecular weight is 718 g/mol. The first-order chi connectivity index (χ1) is 22.4. The number of ether oxygens (including phenoxy) is 2. The fraction of sp³-hybridized carbons (Fsp3) is 0.189. The minimum Gasteiger partial charge on any atom is -0.494 e. The summed E-state index contributed by atoms with van der Waals surface area (Å²) in [4.78, 5) is 19.8. The van der Waals surface area contributed by atoms with Gasteiger partial charge in [0.25, 0.3) is 5.91 Å². The third-order valence-electron chi connectivity index (χ3n) is 7.98. The quantitative estimate of drug-likeness (QED) is 0.134. The van der Waals surface area contributed by atoms with Crippen molar-refractivity contribution in [2.45, 2.75) is 31.0 Å². The number of fused-ring (bicyclic) bond motifs is 1. The second-order valence-electron chi connectivity index (χ2n) is 11.1. The van der Waals surface area contributed by atoms with E-state index in [0.717, 1.165) is 26.4 Å². The largest absolute Gasteiger partial charge is 0.494 e. The topological polar surface area (TPSA) is 80.2 Å². The fourth-order valence-corrected chi connectivity index (χ4v) is 6.43. The molecule has 1 aliphatic heterocycles. The van der Waals surface area contributed by atoms with Crippen LogP contribution in [0.3, 0.4) is 0 Å². The first-order valence-electron chi connectivity index (χ1n) is 14.9. The van der Waals surface area contributed by atoms with E-state index in [1.807, 2.05) is 72.8 Å². The van der Waals surface area contributed by atoms with Gasteiger partial charge in [0, 0.05) is 51.6 Å². The number of nitrogens with zero attached hydrogens (tertiary/aromatic N) is 1. The summed E-state index contributed by atoms with van der Waals surface area (Å²) in [6.07, 6.45) is -0.0751. The number of hydrogen-bond donors (Lipinski definition) is 2. The van der Waals surface area contributed by atoms with Crippen LogP contribution in [0.2, 0.25) is 10.0 Å². The van der Waals surface area contributed by atoms with Crippen LogP contribution in [-0.4, -0.2) is 35.7 Å². The number of aliphatic hydroxyl groups excluding tert-OH is 1. The van der Waals surface area contributed by atoms with Gasteiger partial charge in [-0.3, -0.25) is 4.79 Å². The number of benzene rings is 5. The highest BCUT2D eigenvalue weighted by Crippen LogP contribution is 2.45. The van der Waals surface area contributed by atoms with Crippen molar-refractivity contribution in [2.24, 2.45) is 4.99 Å². The Hall–Kier alpha value is -3.88. The molecule has 0 aromatic heterocycles. The second-order valence-corrected chi connectivity index (χ2v) is 12.8. The van der Waals surface area contributed by atoms with Crippen LogP contribution in [0.5, 0.6) is 5.75 Å². The zero-order valence-electron chi connectivity index (χ0n) is 24.8. The third kappa shape index (κ3) is 6.93. The number of amides is 1. The molecule has 234 valence electrons. The highest BCUT2D eigenvalue weighted by atomic mass is 79.9. The van der Waals surface area contributed by atoms with E-state index in [0.29, 0.717) is 52.4 Å². The van der Waals surface area contributed by atoms with Crippen LogP contribution in [-0.2, 0) is 22.5 Å². The third-order valence-corrected chi connectivity index (χ3v) is 9.07. The van der Waals surface area contributed by atoms with Gasteiger partial charge in [0.1, 0.15) is 5.75 Å². The van der Waals surface area contributed by atoms with Crippen LogP contribution in [0, 0.1) is 0 Å². The van der Waals surface area contributed by atoms with E-state index in [-0.39, 0.29) is 18.9 Å². The minimum absolute atomic E-state index is 0.0559. The summed E-state index contributed by atoms with van der Waals surface area (Å²) in [5.41, 5.74) is 1.77. The Morgan fingerprint density at radius 1 is 0.957 bits per heavy atom. The molecule has 1 aliphatic rings. The Morgan fingerprint density at radius 2 is 1.72 bits per heavy atom. The predicted octanol–water partition coefficient (Wildman–Crippen LogP) is 8.49. The summed E-state index contributed by atoms with van der Waals surface area (Å²) in [5.74, 6) is 0.677. The molecule has 0 bridgehead atoms. The zero-order chi connectivity index (χ0) is 32.1. The van der Waals surface area contributed by atoms with Crippen LogP contribution < -0.4 is 10.1 Å². The molecule has 6 nitrogen and oxygen atoms in total. The Kier molecular flexibility index (Phi) is 9.95. The number of carbonyl (C=O) groups excluding carboxylic acids is 1. The van der Waals surface area contributed by atoms with Crippen LogP contribution in [0.15, 0.2) is 119 Å². The lowest BCUT2D eigenvalue weighted by Crippen LogP contribution is -2.49. The van der Waals surface area contributed by atoms with E-state index in [4.69, 9.17) is 42.8 Å². The highest BCUT2D eigenvalue weighted by Gasteiger charge is 2.53. The summed E-state index contributed by atoms with van der Waals surface area (Å²) in [5, 5.41) is 15.3. The molecule has 1 heterocycles. The molecule has 0 spiro atoms. The van der Waals surface area contributed by atoms with Crippen molar-refractivity contribution in [3.05, 3.63) is 146 Å². The van der Waals surface area contributed by atoms with Gasteiger partial charge in [-0.1, -0.05) is 99.8 Å². The molecule has 46 heavy (non-hydrogen) atoms. The van der Waals surface area contributed by atoms with Crippen molar-refractivity contribution in [3.8, 4) is 5.75 Å². The van der Waals surface area contributed by atoms with Gasteiger partial charge in [0.15, 0.2) is 11.6 Å². The molecule has 5 aromatic rings. The molecule has 2 N–H and O–H groups in total. The summed E-state index contributed by atoms with van der Waals surface area (Å²) in [7, 11) is 0. The van der Waals surface area contributed by atoms with E-state index >= 15 is 0 Å². The Bertz CT molecular complexity index is 1880. The Balaban J connectivity index is 1.42. The fourth-order valence-electron chi connectivity index (χ4n) is 5.66.